The molecule has 1 atom stereocenters. The average molecular weight is 250 g/mol. The summed E-state index contributed by atoms with van der Waals surface area (Å²) < 4.78 is 0. The molecular formula is C13H22N4O. The Kier molecular flexibility index (Phi) is 4.29. The number of anilines is 2. The molecule has 5 nitrogen and oxygen atoms in total. The SMILES string of the molecule is CN(C)c1ncccc1NC(=O)C(N)C(C)(C)C. The number of pyridine rings is 1. The van der Waals surface area contributed by atoms with E-state index in [1.54, 1.807) is 12.3 Å². The summed E-state index contributed by atoms with van der Waals surface area (Å²) >= 11 is 0. The van der Waals surface area contributed by atoms with E-state index in [9.17, 15) is 4.79 Å². The molecule has 0 aromatic carbocycles. The highest BCUT2D eigenvalue weighted by molar-refractivity contribution is 5.97. The summed E-state index contributed by atoms with van der Waals surface area (Å²) in [6.07, 6.45) is 1.69. The van der Waals surface area contributed by atoms with E-state index < -0.39 is 6.04 Å². The molecule has 0 aliphatic carbocycles. The second-order valence-corrected chi connectivity index (χ2v) is 5.60. The maximum Gasteiger partial charge on any atom is 0.241 e. The first-order valence-electron chi connectivity index (χ1n) is 5.92. The zero-order chi connectivity index (χ0) is 13.9. The average Bonchev–Trinajstić information content (AvgIpc) is 2.27. The van der Waals surface area contributed by atoms with Crippen LogP contribution in [0.5, 0.6) is 0 Å². The Hall–Kier alpha value is -1.62. The van der Waals surface area contributed by atoms with Crippen LogP contribution in [-0.2, 0) is 4.79 Å². The van der Waals surface area contributed by atoms with Gasteiger partial charge in [0.15, 0.2) is 5.82 Å². The lowest BCUT2D eigenvalue weighted by molar-refractivity contribution is -0.119. The molecule has 0 bridgehead atoms. The number of nitrogens with two attached hydrogens (primary N) is 1. The van der Waals surface area contributed by atoms with Crippen LogP contribution in [0.15, 0.2) is 18.3 Å². The quantitative estimate of drug-likeness (QED) is 0.852. The van der Waals surface area contributed by atoms with Gasteiger partial charge >= 0.3 is 0 Å². The molecule has 0 aliphatic rings. The molecule has 1 heterocycles. The summed E-state index contributed by atoms with van der Waals surface area (Å²) in [5, 5.41) is 2.83. The van der Waals surface area contributed by atoms with E-state index in [1.807, 2.05) is 45.8 Å². The van der Waals surface area contributed by atoms with Crippen molar-refractivity contribution >= 4 is 17.4 Å². The first kappa shape index (κ1) is 14.4. The van der Waals surface area contributed by atoms with Crippen LogP contribution in [0, 0.1) is 5.41 Å². The number of nitrogens with one attached hydrogen (secondary N) is 1. The first-order chi connectivity index (χ1) is 8.23. The van der Waals surface area contributed by atoms with E-state index >= 15 is 0 Å². The Labute approximate surface area is 108 Å². The zero-order valence-corrected chi connectivity index (χ0v) is 11.7. The Morgan fingerprint density at radius 2 is 2.06 bits per heavy atom. The van der Waals surface area contributed by atoms with E-state index in [2.05, 4.69) is 10.3 Å². The molecule has 1 unspecified atom stereocenters. The van der Waals surface area contributed by atoms with Crippen molar-refractivity contribution in [3.63, 3.8) is 0 Å². The van der Waals surface area contributed by atoms with Crippen LogP contribution in [0.3, 0.4) is 0 Å². The summed E-state index contributed by atoms with van der Waals surface area (Å²) in [4.78, 5) is 18.1. The Morgan fingerprint density at radius 3 is 2.56 bits per heavy atom. The van der Waals surface area contributed by atoms with E-state index in [4.69, 9.17) is 5.73 Å². The third kappa shape index (κ3) is 3.43. The molecule has 1 amide bonds. The highest BCUT2D eigenvalue weighted by atomic mass is 16.2. The molecule has 0 fully saturated rings. The smallest absolute Gasteiger partial charge is 0.241 e. The minimum atomic E-state index is -0.562. The largest absolute Gasteiger partial charge is 0.361 e. The van der Waals surface area contributed by atoms with Gasteiger partial charge in [-0.3, -0.25) is 4.79 Å². The van der Waals surface area contributed by atoms with Crippen molar-refractivity contribution in [3.05, 3.63) is 18.3 Å². The van der Waals surface area contributed by atoms with Crippen LogP contribution in [0.2, 0.25) is 0 Å². The molecule has 1 aromatic heterocycles. The van der Waals surface area contributed by atoms with Crippen LogP contribution < -0.4 is 16.0 Å². The fourth-order valence-electron chi connectivity index (χ4n) is 1.45. The number of hydrogen-bond donors (Lipinski definition) is 2. The van der Waals surface area contributed by atoms with Crippen LogP contribution in [0.4, 0.5) is 11.5 Å². The standard InChI is InChI=1S/C13H22N4O/c1-13(2,3)10(14)12(18)16-9-7-6-8-15-11(9)17(4)5/h6-8,10H,14H2,1-5H3,(H,16,18). The Bertz CT molecular complexity index is 423. The predicted octanol–water partition coefficient (Wildman–Crippen LogP) is 1.46. The van der Waals surface area contributed by atoms with Crippen molar-refractivity contribution in [3.8, 4) is 0 Å². The van der Waals surface area contributed by atoms with Crippen LogP contribution in [0.25, 0.3) is 0 Å². The highest BCUT2D eigenvalue weighted by Gasteiger charge is 2.28. The van der Waals surface area contributed by atoms with Crippen molar-refractivity contribution in [1.29, 1.82) is 0 Å². The van der Waals surface area contributed by atoms with Crippen LogP contribution in [0.1, 0.15) is 20.8 Å². The number of amides is 1. The number of hydrogen-bond acceptors (Lipinski definition) is 4. The van der Waals surface area contributed by atoms with E-state index in [0.29, 0.717) is 11.5 Å². The molecule has 5 heteroatoms. The molecule has 0 saturated carbocycles. The van der Waals surface area contributed by atoms with Gasteiger partial charge in [0.05, 0.1) is 11.7 Å². The molecule has 3 N–H and O–H groups in total. The topological polar surface area (TPSA) is 71.2 Å². The molecule has 1 aromatic rings. The third-order valence-corrected chi connectivity index (χ3v) is 2.68. The maximum atomic E-state index is 12.1. The molecule has 0 aliphatic heterocycles. The monoisotopic (exact) mass is 250 g/mol. The van der Waals surface area contributed by atoms with Crippen molar-refractivity contribution in [2.75, 3.05) is 24.3 Å². The second kappa shape index (κ2) is 5.35. The van der Waals surface area contributed by atoms with Gasteiger partial charge in [0.1, 0.15) is 0 Å². The van der Waals surface area contributed by atoms with Gasteiger partial charge in [0.2, 0.25) is 5.91 Å². The van der Waals surface area contributed by atoms with E-state index in [0.717, 1.165) is 0 Å². The van der Waals surface area contributed by atoms with Gasteiger partial charge in [0, 0.05) is 20.3 Å². The van der Waals surface area contributed by atoms with Crippen molar-refractivity contribution in [2.24, 2.45) is 11.1 Å². The van der Waals surface area contributed by atoms with Crippen molar-refractivity contribution in [1.82, 2.24) is 4.98 Å². The summed E-state index contributed by atoms with van der Waals surface area (Å²) in [6.45, 7) is 5.81. The molecular weight excluding hydrogens is 228 g/mol. The van der Waals surface area contributed by atoms with Gasteiger partial charge in [-0.05, 0) is 17.5 Å². The summed E-state index contributed by atoms with van der Waals surface area (Å²) in [5.41, 5.74) is 6.32. The normalized spacial score (nSPS) is 13.0. The lowest BCUT2D eigenvalue weighted by atomic mass is 9.87. The molecule has 100 valence electrons. The lowest BCUT2D eigenvalue weighted by Gasteiger charge is -2.26. The second-order valence-electron chi connectivity index (χ2n) is 5.60. The maximum absolute atomic E-state index is 12.1. The number of nitrogens with zero attached hydrogens (tertiary/aromatic N) is 2. The summed E-state index contributed by atoms with van der Waals surface area (Å²) in [6, 6.07) is 3.04. The molecule has 0 saturated heterocycles. The summed E-state index contributed by atoms with van der Waals surface area (Å²) in [5.74, 6) is 0.519. The van der Waals surface area contributed by atoms with Crippen LogP contribution >= 0.6 is 0 Å². The number of carbonyl (C=O) groups is 1. The van der Waals surface area contributed by atoms with Crippen molar-refractivity contribution in [2.45, 2.75) is 26.8 Å². The van der Waals surface area contributed by atoms with Gasteiger partial charge in [-0.1, -0.05) is 20.8 Å². The zero-order valence-electron chi connectivity index (χ0n) is 11.7. The van der Waals surface area contributed by atoms with Gasteiger partial charge in [-0.2, -0.15) is 0 Å². The number of aromatic nitrogens is 1. The number of rotatable bonds is 3. The van der Waals surface area contributed by atoms with Crippen molar-refractivity contribution < 1.29 is 4.79 Å². The van der Waals surface area contributed by atoms with E-state index in [1.165, 1.54) is 0 Å². The Balaban J connectivity index is 2.89. The minimum absolute atomic E-state index is 0.196. The molecule has 0 spiro atoms. The molecule has 1 rings (SSSR count). The molecule has 0 radical (unpaired) electrons. The third-order valence-electron chi connectivity index (χ3n) is 2.68. The van der Waals surface area contributed by atoms with Gasteiger partial charge in [-0.25, -0.2) is 4.98 Å². The van der Waals surface area contributed by atoms with Crippen LogP contribution in [-0.4, -0.2) is 31.0 Å². The lowest BCUT2D eigenvalue weighted by Crippen LogP contribution is -2.45. The van der Waals surface area contributed by atoms with Gasteiger partial charge in [-0.15, -0.1) is 0 Å². The fraction of sp³-hybridized carbons (Fsp3) is 0.538. The summed E-state index contributed by atoms with van der Waals surface area (Å²) in [7, 11) is 3.75. The van der Waals surface area contributed by atoms with Gasteiger partial charge < -0.3 is 16.0 Å². The molecule has 18 heavy (non-hydrogen) atoms. The minimum Gasteiger partial charge on any atom is -0.361 e. The predicted molar refractivity (Wildman–Crippen MR) is 74.6 cm³/mol. The van der Waals surface area contributed by atoms with E-state index in [-0.39, 0.29) is 11.3 Å². The fourth-order valence-corrected chi connectivity index (χ4v) is 1.45. The Morgan fingerprint density at radius 1 is 1.44 bits per heavy atom. The highest BCUT2D eigenvalue weighted by Crippen LogP contribution is 2.23. The van der Waals surface area contributed by atoms with Gasteiger partial charge in [0.25, 0.3) is 0 Å². The number of carbonyl (C=O) groups excluding carboxylic acids is 1. The first-order valence-corrected chi connectivity index (χ1v) is 5.92.